The zero-order valence-electron chi connectivity index (χ0n) is 28.6. The van der Waals surface area contributed by atoms with Gasteiger partial charge in [0.15, 0.2) is 0 Å². The third-order valence-electron chi connectivity index (χ3n) is 10.7. The minimum atomic E-state index is 0.850. The number of para-hydroxylation sites is 2. The number of rotatable bonds is 2. The van der Waals surface area contributed by atoms with Gasteiger partial charge in [0.2, 0.25) is 0 Å². The molecule has 0 fully saturated rings. The quantitative estimate of drug-likeness (QED) is 0.183. The first-order valence-corrected chi connectivity index (χ1v) is 18.0. The Bertz CT molecular complexity index is 3130. The molecule has 0 saturated heterocycles. The van der Waals surface area contributed by atoms with Gasteiger partial charge in [0, 0.05) is 55.8 Å². The minimum absolute atomic E-state index is 0.850. The molecule has 3 aromatic heterocycles. The zero-order chi connectivity index (χ0) is 34.9. The van der Waals surface area contributed by atoms with Crippen LogP contribution in [0.15, 0.2) is 187 Å². The van der Waals surface area contributed by atoms with E-state index < -0.39 is 0 Å². The molecule has 0 amide bonds. The molecule has 0 unspecified atom stereocenters. The highest BCUT2D eigenvalue weighted by molar-refractivity contribution is 6.24. The number of benzene rings is 8. The molecule has 0 aliphatic heterocycles. The summed E-state index contributed by atoms with van der Waals surface area (Å²) in [4.78, 5) is 9.65. The van der Waals surface area contributed by atoms with Crippen LogP contribution in [-0.4, -0.2) is 9.97 Å². The lowest BCUT2D eigenvalue weighted by Crippen LogP contribution is -1.85. The van der Waals surface area contributed by atoms with Gasteiger partial charge in [-0.3, -0.25) is 9.97 Å². The maximum atomic E-state index is 7.38. The Morgan fingerprint density at radius 2 is 0.698 bits per heavy atom. The molecule has 11 rings (SSSR count). The van der Waals surface area contributed by atoms with Gasteiger partial charge in [-0.25, -0.2) is 0 Å². The fourth-order valence-corrected chi connectivity index (χ4v) is 8.05. The Morgan fingerprint density at radius 3 is 1.19 bits per heavy atom. The topological polar surface area (TPSA) is 38.9 Å². The summed E-state index contributed by atoms with van der Waals surface area (Å²) in [6, 6.07) is 60.6. The van der Waals surface area contributed by atoms with Crippen molar-refractivity contribution in [1.29, 1.82) is 0 Å². The van der Waals surface area contributed by atoms with E-state index in [2.05, 4.69) is 158 Å². The van der Waals surface area contributed by atoms with Gasteiger partial charge < -0.3 is 4.42 Å². The van der Waals surface area contributed by atoms with Crippen LogP contribution in [0.5, 0.6) is 0 Å². The van der Waals surface area contributed by atoms with Gasteiger partial charge in [0.05, 0.1) is 11.0 Å². The molecule has 3 heterocycles. The standard InChI is InChI=1S/C50H30N2O/c1-5-13-39-31(9-1)17-23-43-45-27-33(37-25-35-11-3-7-15-47(35)51-29-37)19-21-41(45)42-22-20-34(38-26-36-12-4-8-16-48(36)52-30-38)28-46(42)44-24-18-32-10-2-6-14-40(32)50(44)53-49(39)43/h1-30H. The van der Waals surface area contributed by atoms with Crippen molar-refractivity contribution in [2.75, 3.05) is 0 Å². The largest absolute Gasteiger partial charge is 0.455 e. The third kappa shape index (κ3) is 4.82. The highest BCUT2D eigenvalue weighted by Crippen LogP contribution is 2.40. The summed E-state index contributed by atoms with van der Waals surface area (Å²) >= 11 is 0. The normalized spacial score (nSPS) is 11.8. The van der Waals surface area contributed by atoms with Crippen LogP contribution in [0.1, 0.15) is 0 Å². The van der Waals surface area contributed by atoms with E-state index in [1.165, 1.54) is 0 Å². The van der Waals surface area contributed by atoms with Gasteiger partial charge >= 0.3 is 0 Å². The fraction of sp³-hybridized carbons (Fsp3) is 0. The summed E-state index contributed by atoms with van der Waals surface area (Å²) in [5.74, 6) is 0. The molecule has 0 bridgehead atoms. The molecule has 0 aliphatic rings. The summed E-state index contributed by atoms with van der Waals surface area (Å²) in [6.45, 7) is 0. The summed E-state index contributed by atoms with van der Waals surface area (Å²) in [5, 5.41) is 13.2. The van der Waals surface area contributed by atoms with E-state index in [0.717, 1.165) is 109 Å². The molecule has 0 saturated carbocycles. The highest BCUT2D eigenvalue weighted by Gasteiger charge is 2.14. The molecule has 0 aliphatic carbocycles. The number of nitrogens with zero attached hydrogens (tertiary/aromatic N) is 2. The molecular weight excluding hydrogens is 645 g/mol. The van der Waals surface area contributed by atoms with E-state index in [-0.39, 0.29) is 0 Å². The summed E-state index contributed by atoms with van der Waals surface area (Å²) in [6.07, 6.45) is 3.97. The van der Waals surface area contributed by atoms with Gasteiger partial charge in [-0.15, -0.1) is 0 Å². The number of aromatic nitrogens is 2. The predicted molar refractivity (Wildman–Crippen MR) is 223 cm³/mol. The van der Waals surface area contributed by atoms with Gasteiger partial charge in [-0.05, 0) is 92.0 Å². The SMILES string of the molecule is c1ccc2ncc(-c3ccc4c5ccc(-c6cnc7ccccc7c6)cc5c5ccc6ccccc6c5oc5c6ccccc6ccc5c4c3)cc2c1. The van der Waals surface area contributed by atoms with Crippen molar-refractivity contribution in [3.8, 4) is 22.3 Å². The van der Waals surface area contributed by atoms with Gasteiger partial charge in [-0.1, -0.05) is 121 Å². The molecular formula is C50H30N2O. The summed E-state index contributed by atoms with van der Waals surface area (Å²) in [5.41, 5.74) is 8.02. The lowest BCUT2D eigenvalue weighted by Gasteiger charge is -2.10. The Balaban J connectivity index is 1.34. The molecule has 0 spiro atoms. The highest BCUT2D eigenvalue weighted by atomic mass is 16.3. The molecule has 3 nitrogen and oxygen atoms in total. The van der Waals surface area contributed by atoms with Crippen LogP contribution in [0, 0.1) is 0 Å². The van der Waals surface area contributed by atoms with E-state index in [0.29, 0.717) is 0 Å². The van der Waals surface area contributed by atoms with Crippen LogP contribution in [0.4, 0.5) is 0 Å². The van der Waals surface area contributed by atoms with Crippen LogP contribution >= 0.6 is 0 Å². The minimum Gasteiger partial charge on any atom is -0.455 e. The maximum absolute atomic E-state index is 7.38. The first-order chi connectivity index (χ1) is 26.2. The van der Waals surface area contributed by atoms with Gasteiger partial charge in [0.1, 0.15) is 11.2 Å². The Labute approximate surface area is 304 Å². The second kappa shape index (κ2) is 11.7. The van der Waals surface area contributed by atoms with Crippen LogP contribution in [0.3, 0.4) is 0 Å². The number of hydrogen-bond acceptors (Lipinski definition) is 3. The van der Waals surface area contributed by atoms with Crippen molar-refractivity contribution in [2.24, 2.45) is 0 Å². The maximum Gasteiger partial charge on any atom is 0.143 e. The van der Waals surface area contributed by atoms with E-state index >= 15 is 0 Å². The summed E-state index contributed by atoms with van der Waals surface area (Å²) < 4.78 is 7.38. The summed E-state index contributed by atoms with van der Waals surface area (Å²) in [7, 11) is 0. The van der Waals surface area contributed by atoms with E-state index in [1.807, 2.05) is 24.5 Å². The van der Waals surface area contributed by atoms with E-state index in [1.54, 1.807) is 0 Å². The first kappa shape index (κ1) is 29.6. The van der Waals surface area contributed by atoms with Crippen LogP contribution < -0.4 is 0 Å². The fourth-order valence-electron chi connectivity index (χ4n) is 8.05. The van der Waals surface area contributed by atoms with Crippen molar-refractivity contribution in [2.45, 2.75) is 0 Å². The third-order valence-corrected chi connectivity index (χ3v) is 10.7. The van der Waals surface area contributed by atoms with Crippen molar-refractivity contribution >= 4 is 86.8 Å². The smallest absolute Gasteiger partial charge is 0.143 e. The molecule has 8 aromatic carbocycles. The van der Waals surface area contributed by atoms with Crippen LogP contribution in [0.25, 0.3) is 109 Å². The Hall–Kier alpha value is -7.10. The molecule has 0 atom stereocenters. The Kier molecular flexibility index (Phi) is 6.55. The van der Waals surface area contributed by atoms with Gasteiger partial charge in [0.25, 0.3) is 0 Å². The zero-order valence-corrected chi connectivity index (χ0v) is 28.6. The van der Waals surface area contributed by atoms with E-state index in [9.17, 15) is 0 Å². The van der Waals surface area contributed by atoms with E-state index in [4.69, 9.17) is 14.4 Å². The van der Waals surface area contributed by atoms with Crippen molar-refractivity contribution in [3.63, 3.8) is 0 Å². The average molecular weight is 675 g/mol. The molecule has 11 aromatic rings. The van der Waals surface area contributed by atoms with Crippen molar-refractivity contribution in [3.05, 3.63) is 182 Å². The lowest BCUT2D eigenvalue weighted by molar-refractivity contribution is 0.671. The number of pyridine rings is 2. The average Bonchev–Trinajstić information content (AvgIpc) is 3.27. The van der Waals surface area contributed by atoms with Crippen LogP contribution in [-0.2, 0) is 0 Å². The van der Waals surface area contributed by atoms with Crippen molar-refractivity contribution < 1.29 is 4.42 Å². The Morgan fingerprint density at radius 1 is 0.283 bits per heavy atom. The molecule has 0 N–H and O–H groups in total. The second-order valence-corrected chi connectivity index (χ2v) is 13.8. The molecule has 3 heteroatoms. The van der Waals surface area contributed by atoms with Crippen LogP contribution in [0.2, 0.25) is 0 Å². The monoisotopic (exact) mass is 674 g/mol. The lowest BCUT2D eigenvalue weighted by atomic mass is 9.94. The molecule has 246 valence electrons. The molecule has 0 radical (unpaired) electrons. The first-order valence-electron chi connectivity index (χ1n) is 18.0. The molecule has 53 heavy (non-hydrogen) atoms. The second-order valence-electron chi connectivity index (χ2n) is 13.8. The number of hydrogen-bond donors (Lipinski definition) is 0. The van der Waals surface area contributed by atoms with Gasteiger partial charge in [-0.2, -0.15) is 0 Å². The predicted octanol–water partition coefficient (Wildman–Crippen LogP) is 13.8. The number of fused-ring (bicyclic) bond motifs is 13. The van der Waals surface area contributed by atoms with Crippen molar-refractivity contribution in [1.82, 2.24) is 9.97 Å².